The number of anilines is 2. The van der Waals surface area contributed by atoms with E-state index in [2.05, 4.69) is 18.7 Å². The second kappa shape index (κ2) is 5.39. The highest BCUT2D eigenvalue weighted by molar-refractivity contribution is 5.90. The SMILES string of the molecule is CCN(CC)c1ccccc1N(C)C(=O)O. The lowest BCUT2D eigenvalue weighted by molar-refractivity contribution is 0.203. The Morgan fingerprint density at radius 1 is 1.19 bits per heavy atom. The summed E-state index contributed by atoms with van der Waals surface area (Å²) in [5, 5.41) is 8.99. The van der Waals surface area contributed by atoms with Crippen molar-refractivity contribution in [3.63, 3.8) is 0 Å². The summed E-state index contributed by atoms with van der Waals surface area (Å²) >= 11 is 0. The van der Waals surface area contributed by atoms with E-state index < -0.39 is 6.09 Å². The average molecular weight is 222 g/mol. The Bertz CT molecular complexity index is 362. The number of para-hydroxylation sites is 2. The zero-order valence-corrected chi connectivity index (χ0v) is 9.97. The van der Waals surface area contributed by atoms with Crippen LogP contribution in [0.15, 0.2) is 24.3 Å². The molecule has 0 saturated carbocycles. The number of carbonyl (C=O) groups is 1. The van der Waals surface area contributed by atoms with Crippen LogP contribution in [0.25, 0.3) is 0 Å². The predicted octanol–water partition coefficient (Wildman–Crippen LogP) is 2.65. The maximum Gasteiger partial charge on any atom is 0.411 e. The topological polar surface area (TPSA) is 43.8 Å². The van der Waals surface area contributed by atoms with Crippen LogP contribution in [0, 0.1) is 0 Å². The van der Waals surface area contributed by atoms with Crippen LogP contribution in [0.4, 0.5) is 16.2 Å². The summed E-state index contributed by atoms with van der Waals surface area (Å²) in [4.78, 5) is 14.3. The molecule has 0 unspecified atom stereocenters. The minimum absolute atomic E-state index is 0.721. The number of hydrogen-bond donors (Lipinski definition) is 1. The first-order valence-corrected chi connectivity index (χ1v) is 5.42. The monoisotopic (exact) mass is 222 g/mol. The molecule has 0 bridgehead atoms. The van der Waals surface area contributed by atoms with E-state index in [1.165, 1.54) is 4.90 Å². The van der Waals surface area contributed by atoms with Gasteiger partial charge in [-0.3, -0.25) is 4.90 Å². The summed E-state index contributed by atoms with van der Waals surface area (Å²) in [7, 11) is 1.56. The second-order valence-corrected chi connectivity index (χ2v) is 3.50. The van der Waals surface area contributed by atoms with Gasteiger partial charge in [0.2, 0.25) is 0 Å². The third-order valence-corrected chi connectivity index (χ3v) is 2.63. The van der Waals surface area contributed by atoms with Crippen LogP contribution < -0.4 is 9.80 Å². The van der Waals surface area contributed by atoms with E-state index in [-0.39, 0.29) is 0 Å². The summed E-state index contributed by atoms with van der Waals surface area (Å²) in [6, 6.07) is 7.54. The number of rotatable bonds is 4. The van der Waals surface area contributed by atoms with Gasteiger partial charge in [0.15, 0.2) is 0 Å². The van der Waals surface area contributed by atoms with Crippen molar-refractivity contribution in [2.75, 3.05) is 29.9 Å². The van der Waals surface area contributed by atoms with Crippen molar-refractivity contribution < 1.29 is 9.90 Å². The number of amides is 1. The van der Waals surface area contributed by atoms with Crippen LogP contribution in [0.2, 0.25) is 0 Å². The van der Waals surface area contributed by atoms with Gasteiger partial charge in [0.1, 0.15) is 0 Å². The molecule has 1 aromatic rings. The third kappa shape index (κ3) is 2.45. The van der Waals surface area contributed by atoms with Gasteiger partial charge in [-0.2, -0.15) is 0 Å². The zero-order valence-electron chi connectivity index (χ0n) is 9.97. The van der Waals surface area contributed by atoms with Crippen LogP contribution >= 0.6 is 0 Å². The van der Waals surface area contributed by atoms with Crippen molar-refractivity contribution in [3.05, 3.63) is 24.3 Å². The molecule has 1 aromatic carbocycles. The Kier molecular flexibility index (Phi) is 4.17. The molecular weight excluding hydrogens is 204 g/mol. The molecule has 0 aromatic heterocycles. The number of carboxylic acid groups (broad SMARTS) is 1. The van der Waals surface area contributed by atoms with Crippen molar-refractivity contribution in [1.29, 1.82) is 0 Å². The van der Waals surface area contributed by atoms with Gasteiger partial charge in [-0.1, -0.05) is 12.1 Å². The normalized spacial score (nSPS) is 9.94. The van der Waals surface area contributed by atoms with Crippen LogP contribution in [0.5, 0.6) is 0 Å². The molecule has 1 N–H and O–H groups in total. The lowest BCUT2D eigenvalue weighted by Gasteiger charge is -2.26. The van der Waals surface area contributed by atoms with E-state index in [0.29, 0.717) is 0 Å². The number of nitrogens with zero attached hydrogens (tertiary/aromatic N) is 2. The largest absolute Gasteiger partial charge is 0.465 e. The van der Waals surface area contributed by atoms with E-state index in [1.807, 2.05) is 24.3 Å². The molecule has 0 saturated heterocycles. The zero-order chi connectivity index (χ0) is 12.1. The van der Waals surface area contributed by atoms with Crippen molar-refractivity contribution in [2.45, 2.75) is 13.8 Å². The van der Waals surface area contributed by atoms with Gasteiger partial charge < -0.3 is 10.0 Å². The molecule has 88 valence electrons. The summed E-state index contributed by atoms with van der Waals surface area (Å²) < 4.78 is 0. The van der Waals surface area contributed by atoms with Crippen LogP contribution in [-0.4, -0.2) is 31.3 Å². The first kappa shape index (κ1) is 12.4. The summed E-state index contributed by atoms with van der Waals surface area (Å²) in [6.45, 7) is 5.84. The summed E-state index contributed by atoms with van der Waals surface area (Å²) in [5.74, 6) is 0. The Morgan fingerprint density at radius 2 is 1.69 bits per heavy atom. The van der Waals surface area contributed by atoms with E-state index in [4.69, 9.17) is 5.11 Å². The lowest BCUT2D eigenvalue weighted by atomic mass is 10.2. The van der Waals surface area contributed by atoms with Gasteiger partial charge in [0.05, 0.1) is 11.4 Å². The van der Waals surface area contributed by atoms with Crippen molar-refractivity contribution >= 4 is 17.5 Å². The first-order chi connectivity index (χ1) is 7.61. The van der Waals surface area contributed by atoms with Gasteiger partial charge in [-0.05, 0) is 26.0 Å². The number of benzene rings is 1. The number of hydrogen-bond acceptors (Lipinski definition) is 2. The molecule has 0 aliphatic carbocycles. The highest BCUT2D eigenvalue weighted by Crippen LogP contribution is 2.28. The van der Waals surface area contributed by atoms with Crippen molar-refractivity contribution in [3.8, 4) is 0 Å². The predicted molar refractivity (Wildman–Crippen MR) is 66.4 cm³/mol. The fourth-order valence-electron chi connectivity index (χ4n) is 1.68. The Hall–Kier alpha value is -1.71. The minimum atomic E-state index is -0.945. The smallest absolute Gasteiger partial charge is 0.411 e. The van der Waals surface area contributed by atoms with Crippen molar-refractivity contribution in [2.24, 2.45) is 0 Å². The maximum atomic E-state index is 11.0. The van der Waals surface area contributed by atoms with Gasteiger partial charge in [-0.15, -0.1) is 0 Å². The van der Waals surface area contributed by atoms with Crippen LogP contribution in [-0.2, 0) is 0 Å². The van der Waals surface area contributed by atoms with Crippen molar-refractivity contribution in [1.82, 2.24) is 0 Å². The molecule has 0 spiro atoms. The molecule has 0 fully saturated rings. The molecule has 1 amide bonds. The molecule has 0 radical (unpaired) electrons. The van der Waals surface area contributed by atoms with Crippen LogP contribution in [0.3, 0.4) is 0 Å². The van der Waals surface area contributed by atoms with E-state index in [0.717, 1.165) is 24.5 Å². The van der Waals surface area contributed by atoms with Crippen LogP contribution in [0.1, 0.15) is 13.8 Å². The average Bonchev–Trinajstić information content (AvgIpc) is 2.30. The molecule has 4 heteroatoms. The standard InChI is InChI=1S/C12H18N2O2/c1-4-14(5-2)11-9-7-6-8-10(11)13(3)12(15)16/h6-9H,4-5H2,1-3H3,(H,15,16). The molecule has 4 nitrogen and oxygen atoms in total. The second-order valence-electron chi connectivity index (χ2n) is 3.50. The molecule has 0 atom stereocenters. The summed E-state index contributed by atoms with van der Waals surface area (Å²) in [6.07, 6.45) is -0.945. The lowest BCUT2D eigenvalue weighted by Crippen LogP contribution is -2.28. The summed E-state index contributed by atoms with van der Waals surface area (Å²) in [5.41, 5.74) is 1.68. The van der Waals surface area contributed by atoms with Gasteiger partial charge in [-0.25, -0.2) is 4.79 Å². The van der Waals surface area contributed by atoms with Gasteiger partial charge in [0.25, 0.3) is 0 Å². The quantitative estimate of drug-likeness (QED) is 0.851. The highest BCUT2D eigenvalue weighted by atomic mass is 16.4. The van der Waals surface area contributed by atoms with Gasteiger partial charge >= 0.3 is 6.09 Å². The maximum absolute atomic E-state index is 11.0. The molecule has 0 aliphatic heterocycles. The highest BCUT2D eigenvalue weighted by Gasteiger charge is 2.15. The van der Waals surface area contributed by atoms with E-state index in [1.54, 1.807) is 7.05 Å². The Balaban J connectivity index is 3.13. The molecular formula is C12H18N2O2. The molecule has 0 heterocycles. The Morgan fingerprint density at radius 3 is 2.12 bits per heavy atom. The minimum Gasteiger partial charge on any atom is -0.465 e. The first-order valence-electron chi connectivity index (χ1n) is 5.42. The Labute approximate surface area is 96.1 Å². The third-order valence-electron chi connectivity index (χ3n) is 2.63. The van der Waals surface area contributed by atoms with E-state index >= 15 is 0 Å². The fraction of sp³-hybridized carbons (Fsp3) is 0.417. The molecule has 1 rings (SSSR count). The van der Waals surface area contributed by atoms with E-state index in [9.17, 15) is 4.79 Å². The molecule has 0 aliphatic rings. The fourth-order valence-corrected chi connectivity index (χ4v) is 1.68. The molecule has 16 heavy (non-hydrogen) atoms. The van der Waals surface area contributed by atoms with Gasteiger partial charge in [0, 0.05) is 20.1 Å².